The summed E-state index contributed by atoms with van der Waals surface area (Å²) in [5.41, 5.74) is 0.623. The lowest BCUT2D eigenvalue weighted by atomic mass is 9.73. The summed E-state index contributed by atoms with van der Waals surface area (Å²) in [7, 11) is 0. The zero-order valence-corrected chi connectivity index (χ0v) is 6.60. The Kier molecular flexibility index (Phi) is 1.71. The predicted octanol–water partition coefficient (Wildman–Crippen LogP) is 3.14. The van der Waals surface area contributed by atoms with Crippen molar-refractivity contribution in [3.63, 3.8) is 0 Å². The summed E-state index contributed by atoms with van der Waals surface area (Å²) in [6.45, 7) is 0. The van der Waals surface area contributed by atoms with Gasteiger partial charge in [-0.1, -0.05) is 19.3 Å². The van der Waals surface area contributed by atoms with Gasteiger partial charge in [-0.15, -0.1) is 0 Å². The van der Waals surface area contributed by atoms with Crippen molar-refractivity contribution < 1.29 is 0 Å². The van der Waals surface area contributed by atoms with Gasteiger partial charge in [0.1, 0.15) is 0 Å². The van der Waals surface area contributed by atoms with Crippen LogP contribution in [-0.4, -0.2) is 0 Å². The number of hydrogen-bond donors (Lipinski definition) is 0. The van der Waals surface area contributed by atoms with Gasteiger partial charge in [0.05, 0.1) is 0 Å². The average Bonchev–Trinajstić information content (AvgIpc) is 2.39. The highest BCUT2D eigenvalue weighted by Crippen LogP contribution is 2.47. The Morgan fingerprint density at radius 3 is 2.00 bits per heavy atom. The van der Waals surface area contributed by atoms with Gasteiger partial charge in [0.15, 0.2) is 0 Å². The molecule has 0 saturated heterocycles. The van der Waals surface area contributed by atoms with Gasteiger partial charge in [-0.05, 0) is 43.9 Å². The summed E-state index contributed by atoms with van der Waals surface area (Å²) in [5.74, 6) is 0. The molecule has 0 heterocycles. The van der Waals surface area contributed by atoms with E-state index in [0.717, 1.165) is 0 Å². The quantitative estimate of drug-likeness (QED) is 0.480. The molecule has 2 radical (unpaired) electrons. The van der Waals surface area contributed by atoms with Gasteiger partial charge in [-0.25, -0.2) is 0 Å². The van der Waals surface area contributed by atoms with Crippen molar-refractivity contribution in [2.24, 2.45) is 5.41 Å². The van der Waals surface area contributed by atoms with Crippen LogP contribution < -0.4 is 0 Å². The maximum absolute atomic E-state index is 2.57. The van der Waals surface area contributed by atoms with E-state index < -0.39 is 0 Å². The van der Waals surface area contributed by atoms with Gasteiger partial charge < -0.3 is 0 Å². The van der Waals surface area contributed by atoms with Crippen molar-refractivity contribution >= 4 is 0 Å². The molecule has 0 amide bonds. The molecule has 0 nitrogen and oxygen atoms in total. The Bertz CT molecular complexity index is 101. The summed E-state index contributed by atoms with van der Waals surface area (Å²) >= 11 is 0. The fraction of sp³-hybridized carbons (Fsp3) is 0.800. The van der Waals surface area contributed by atoms with Crippen molar-refractivity contribution in [3.05, 3.63) is 12.8 Å². The molecule has 1 unspecified atom stereocenters. The molecule has 1 spiro atoms. The van der Waals surface area contributed by atoms with Crippen LogP contribution in [0.2, 0.25) is 0 Å². The summed E-state index contributed by atoms with van der Waals surface area (Å²) in [4.78, 5) is 0. The maximum Gasteiger partial charge on any atom is -0.0235 e. The summed E-state index contributed by atoms with van der Waals surface area (Å²) in [6.07, 6.45) is 15.1. The zero-order chi connectivity index (χ0) is 6.86. The minimum atomic E-state index is 0.623. The van der Waals surface area contributed by atoms with E-state index in [1.54, 1.807) is 0 Å². The molecule has 56 valence electrons. The van der Waals surface area contributed by atoms with E-state index in [-0.39, 0.29) is 0 Å². The van der Waals surface area contributed by atoms with Gasteiger partial charge in [0, 0.05) is 0 Å². The second-order valence-corrected chi connectivity index (χ2v) is 3.78. The van der Waals surface area contributed by atoms with Crippen molar-refractivity contribution in [2.75, 3.05) is 0 Å². The highest BCUT2D eigenvalue weighted by molar-refractivity contribution is 5.07. The van der Waals surface area contributed by atoms with E-state index in [4.69, 9.17) is 0 Å². The van der Waals surface area contributed by atoms with E-state index in [1.165, 1.54) is 44.9 Å². The highest BCUT2D eigenvalue weighted by atomic mass is 14.4. The van der Waals surface area contributed by atoms with Crippen LogP contribution in [0.25, 0.3) is 0 Å². The van der Waals surface area contributed by atoms with Gasteiger partial charge in [-0.3, -0.25) is 0 Å². The van der Waals surface area contributed by atoms with E-state index in [0.29, 0.717) is 5.41 Å². The van der Waals surface area contributed by atoms with Crippen LogP contribution in [0, 0.1) is 18.3 Å². The fourth-order valence-corrected chi connectivity index (χ4v) is 2.43. The largest absolute Gasteiger partial charge is 0.0530 e. The van der Waals surface area contributed by atoms with Crippen LogP contribution in [0.15, 0.2) is 0 Å². The maximum atomic E-state index is 2.57. The predicted molar refractivity (Wildman–Crippen MR) is 43.4 cm³/mol. The van der Waals surface area contributed by atoms with Crippen LogP contribution in [0.5, 0.6) is 0 Å². The van der Waals surface area contributed by atoms with Crippen LogP contribution in [0.4, 0.5) is 0 Å². The molecule has 2 rings (SSSR count). The second kappa shape index (κ2) is 2.56. The average molecular weight is 136 g/mol. The molecular formula is C10H16. The standard InChI is InChI=1S/C10H16/c1-2-6-10(7-3-1)8-4-5-9-10/h6,8H,1-5,7,9H2. The van der Waals surface area contributed by atoms with E-state index in [1.807, 2.05) is 0 Å². The van der Waals surface area contributed by atoms with Crippen LogP contribution in [-0.2, 0) is 0 Å². The topological polar surface area (TPSA) is 0 Å². The minimum absolute atomic E-state index is 0.623. The number of rotatable bonds is 0. The summed E-state index contributed by atoms with van der Waals surface area (Å²) in [6, 6.07) is 0. The van der Waals surface area contributed by atoms with Gasteiger partial charge >= 0.3 is 0 Å². The van der Waals surface area contributed by atoms with Crippen molar-refractivity contribution in [3.8, 4) is 0 Å². The van der Waals surface area contributed by atoms with E-state index in [2.05, 4.69) is 12.8 Å². The molecule has 1 atom stereocenters. The third-order valence-corrected chi connectivity index (χ3v) is 3.04. The molecule has 0 aromatic carbocycles. The molecule has 2 aliphatic carbocycles. The molecule has 2 fully saturated rings. The van der Waals surface area contributed by atoms with Gasteiger partial charge in [0.25, 0.3) is 0 Å². The third-order valence-electron chi connectivity index (χ3n) is 3.04. The Morgan fingerprint density at radius 2 is 1.50 bits per heavy atom. The molecule has 0 aromatic heterocycles. The third kappa shape index (κ3) is 1.09. The number of hydrogen-bond acceptors (Lipinski definition) is 0. The van der Waals surface area contributed by atoms with Crippen LogP contribution in [0.3, 0.4) is 0 Å². The zero-order valence-electron chi connectivity index (χ0n) is 6.60. The van der Waals surface area contributed by atoms with Crippen molar-refractivity contribution in [1.29, 1.82) is 0 Å². The van der Waals surface area contributed by atoms with Crippen molar-refractivity contribution in [2.45, 2.75) is 44.9 Å². The van der Waals surface area contributed by atoms with Crippen LogP contribution >= 0.6 is 0 Å². The lowest BCUT2D eigenvalue weighted by Crippen LogP contribution is -2.20. The first-order valence-electron chi connectivity index (χ1n) is 4.60. The summed E-state index contributed by atoms with van der Waals surface area (Å²) < 4.78 is 0. The van der Waals surface area contributed by atoms with E-state index in [9.17, 15) is 0 Å². The normalized spacial score (nSPS) is 31.2. The SMILES string of the molecule is [CH]1CCCCC12[CH]CCC2. The van der Waals surface area contributed by atoms with E-state index >= 15 is 0 Å². The summed E-state index contributed by atoms with van der Waals surface area (Å²) in [5, 5.41) is 0. The Balaban J connectivity index is 1.98. The molecule has 0 aliphatic heterocycles. The molecule has 2 aliphatic rings. The highest BCUT2D eigenvalue weighted by Gasteiger charge is 2.34. The van der Waals surface area contributed by atoms with Crippen molar-refractivity contribution in [1.82, 2.24) is 0 Å². The first kappa shape index (κ1) is 6.69. The Morgan fingerprint density at radius 1 is 0.800 bits per heavy atom. The smallest absolute Gasteiger partial charge is 0.0235 e. The lowest BCUT2D eigenvalue weighted by molar-refractivity contribution is 0.324. The molecule has 10 heavy (non-hydrogen) atoms. The Labute approximate surface area is 64.0 Å². The molecule has 0 aromatic rings. The minimum Gasteiger partial charge on any atom is -0.0530 e. The first-order valence-corrected chi connectivity index (χ1v) is 4.60. The molecule has 0 heteroatoms. The first-order chi connectivity index (χ1) is 4.91. The van der Waals surface area contributed by atoms with Gasteiger partial charge in [0.2, 0.25) is 0 Å². The van der Waals surface area contributed by atoms with Gasteiger partial charge in [-0.2, -0.15) is 0 Å². The fourth-order valence-electron chi connectivity index (χ4n) is 2.43. The lowest BCUT2D eigenvalue weighted by Gasteiger charge is -2.32. The molecular weight excluding hydrogens is 120 g/mol. The second-order valence-electron chi connectivity index (χ2n) is 3.78. The molecule has 0 bridgehead atoms. The molecule has 0 N–H and O–H groups in total. The Hall–Kier alpha value is 0. The van der Waals surface area contributed by atoms with Crippen LogP contribution in [0.1, 0.15) is 44.9 Å². The monoisotopic (exact) mass is 136 g/mol. The molecule has 2 saturated carbocycles.